The third kappa shape index (κ3) is 3.04. The number of carbonyl (C=O) groups excluding carboxylic acids is 1. The average molecular weight is 273 g/mol. The van der Waals surface area contributed by atoms with E-state index >= 15 is 0 Å². The van der Waals surface area contributed by atoms with Crippen molar-refractivity contribution in [2.45, 2.75) is 45.3 Å². The van der Waals surface area contributed by atoms with Gasteiger partial charge in [0.1, 0.15) is 0 Å². The molecule has 0 aliphatic heterocycles. The molecule has 3 rings (SSSR count). The van der Waals surface area contributed by atoms with Gasteiger partial charge in [-0.15, -0.1) is 0 Å². The maximum atomic E-state index is 12.0. The third-order valence-electron chi connectivity index (χ3n) is 5.03. The molecule has 0 radical (unpaired) electrons. The maximum Gasteiger partial charge on any atom is 0.220 e. The lowest BCUT2D eigenvalue weighted by Gasteiger charge is -2.20. The van der Waals surface area contributed by atoms with E-state index in [9.17, 15) is 4.79 Å². The van der Waals surface area contributed by atoms with Crippen molar-refractivity contribution in [3.05, 3.63) is 35.4 Å². The fourth-order valence-electron chi connectivity index (χ4n) is 3.90. The molecule has 3 heteroatoms. The fourth-order valence-corrected chi connectivity index (χ4v) is 3.90. The normalized spacial score (nSPS) is 27.8. The van der Waals surface area contributed by atoms with Crippen LogP contribution in [0.4, 0.5) is 0 Å². The van der Waals surface area contributed by atoms with Gasteiger partial charge in [-0.25, -0.2) is 0 Å². The van der Waals surface area contributed by atoms with Crippen LogP contribution in [-0.2, 0) is 17.9 Å². The molecule has 0 heterocycles. The highest BCUT2D eigenvalue weighted by Crippen LogP contribution is 2.49. The third-order valence-corrected chi connectivity index (χ3v) is 5.03. The molecule has 20 heavy (non-hydrogen) atoms. The van der Waals surface area contributed by atoms with E-state index in [1.165, 1.54) is 25.7 Å². The Kier molecular flexibility index (Phi) is 4.06. The van der Waals surface area contributed by atoms with Crippen LogP contribution in [0.3, 0.4) is 0 Å². The van der Waals surface area contributed by atoms with E-state index < -0.39 is 0 Å². The highest BCUT2D eigenvalue weighted by molar-refractivity contribution is 5.76. The van der Waals surface area contributed by atoms with Crippen molar-refractivity contribution in [3.63, 3.8) is 0 Å². The minimum Gasteiger partial charge on any atom is -0.392 e. The molecular formula is C17H23NO2. The van der Waals surface area contributed by atoms with E-state index in [-0.39, 0.29) is 12.5 Å². The van der Waals surface area contributed by atoms with Crippen molar-refractivity contribution in [2.75, 3.05) is 0 Å². The Morgan fingerprint density at radius 1 is 1.15 bits per heavy atom. The SMILES string of the molecule is O=C(CC1CC2CCC1C2)NCc1ccc(CO)cc1. The molecule has 2 aliphatic carbocycles. The first-order valence-corrected chi connectivity index (χ1v) is 7.70. The second-order valence-corrected chi connectivity index (χ2v) is 6.39. The zero-order valence-electron chi connectivity index (χ0n) is 11.8. The molecule has 1 aromatic carbocycles. The zero-order valence-corrected chi connectivity index (χ0v) is 11.8. The Morgan fingerprint density at radius 2 is 1.90 bits per heavy atom. The van der Waals surface area contributed by atoms with Crippen molar-refractivity contribution in [3.8, 4) is 0 Å². The standard InChI is InChI=1S/C17H23NO2/c19-11-13-3-1-12(2-4-13)10-18-17(20)9-16-8-14-5-6-15(16)7-14/h1-4,14-16,19H,5-11H2,(H,18,20). The summed E-state index contributed by atoms with van der Waals surface area (Å²) in [6, 6.07) is 7.72. The first-order valence-electron chi connectivity index (χ1n) is 7.70. The maximum absolute atomic E-state index is 12.0. The Balaban J connectivity index is 1.44. The molecule has 3 atom stereocenters. The minimum atomic E-state index is 0.0663. The van der Waals surface area contributed by atoms with Crippen LogP contribution in [0.5, 0.6) is 0 Å². The number of carbonyl (C=O) groups is 1. The first kappa shape index (κ1) is 13.6. The van der Waals surface area contributed by atoms with Gasteiger partial charge in [0.05, 0.1) is 6.61 Å². The van der Waals surface area contributed by atoms with E-state index in [0.717, 1.165) is 23.0 Å². The molecule has 2 fully saturated rings. The van der Waals surface area contributed by atoms with Crippen molar-refractivity contribution in [1.82, 2.24) is 5.32 Å². The summed E-state index contributed by atoms with van der Waals surface area (Å²) in [6.45, 7) is 0.655. The minimum absolute atomic E-state index is 0.0663. The van der Waals surface area contributed by atoms with Crippen molar-refractivity contribution < 1.29 is 9.90 Å². The van der Waals surface area contributed by atoms with Crippen LogP contribution in [-0.4, -0.2) is 11.0 Å². The van der Waals surface area contributed by atoms with Crippen molar-refractivity contribution >= 4 is 5.91 Å². The monoisotopic (exact) mass is 273 g/mol. The fraction of sp³-hybridized carbons (Fsp3) is 0.588. The quantitative estimate of drug-likeness (QED) is 0.866. The van der Waals surface area contributed by atoms with Crippen molar-refractivity contribution in [2.24, 2.45) is 17.8 Å². The summed E-state index contributed by atoms with van der Waals surface area (Å²) in [5.74, 6) is 2.54. The molecule has 2 aliphatic rings. The number of hydrogen-bond acceptors (Lipinski definition) is 2. The van der Waals surface area contributed by atoms with E-state index in [1.54, 1.807) is 0 Å². The smallest absolute Gasteiger partial charge is 0.220 e. The molecule has 3 nitrogen and oxygen atoms in total. The summed E-state index contributed by atoms with van der Waals surface area (Å²) < 4.78 is 0. The molecule has 3 unspecified atom stereocenters. The summed E-state index contributed by atoms with van der Waals surface area (Å²) in [7, 11) is 0. The number of nitrogens with one attached hydrogen (secondary N) is 1. The second-order valence-electron chi connectivity index (χ2n) is 6.39. The highest BCUT2D eigenvalue weighted by Gasteiger charge is 2.39. The average Bonchev–Trinajstić information content (AvgIpc) is 3.08. The Bertz CT molecular complexity index is 468. The van der Waals surface area contributed by atoms with Crippen LogP contribution < -0.4 is 5.32 Å². The second kappa shape index (κ2) is 5.96. The van der Waals surface area contributed by atoms with Gasteiger partial charge in [-0.05, 0) is 48.1 Å². The molecule has 0 aromatic heterocycles. The summed E-state index contributed by atoms with van der Waals surface area (Å²) in [5.41, 5.74) is 1.99. The zero-order chi connectivity index (χ0) is 13.9. The predicted molar refractivity (Wildman–Crippen MR) is 77.8 cm³/mol. The molecule has 2 saturated carbocycles. The van der Waals surface area contributed by atoms with Gasteiger partial charge < -0.3 is 10.4 Å². The summed E-state index contributed by atoms with van der Waals surface area (Å²) >= 11 is 0. The number of benzene rings is 1. The number of rotatable bonds is 5. The van der Waals surface area contributed by atoms with E-state index in [4.69, 9.17) is 5.11 Å². The number of aliphatic hydroxyl groups excluding tert-OH is 1. The van der Waals surface area contributed by atoms with Crippen molar-refractivity contribution in [1.29, 1.82) is 0 Å². The van der Waals surface area contributed by atoms with Gasteiger partial charge in [0.2, 0.25) is 5.91 Å². The lowest BCUT2D eigenvalue weighted by atomic mass is 9.86. The highest BCUT2D eigenvalue weighted by atomic mass is 16.3. The van der Waals surface area contributed by atoms with Gasteiger partial charge in [0, 0.05) is 13.0 Å². The van der Waals surface area contributed by atoms with Gasteiger partial charge in [0.15, 0.2) is 0 Å². The molecular weight excluding hydrogens is 250 g/mol. The number of fused-ring (bicyclic) bond motifs is 2. The van der Waals surface area contributed by atoms with Gasteiger partial charge in [-0.3, -0.25) is 4.79 Å². The molecule has 0 spiro atoms. The van der Waals surface area contributed by atoms with E-state index in [0.29, 0.717) is 18.9 Å². The largest absolute Gasteiger partial charge is 0.392 e. The molecule has 2 N–H and O–H groups in total. The van der Waals surface area contributed by atoms with Gasteiger partial charge in [-0.1, -0.05) is 30.7 Å². The van der Waals surface area contributed by atoms with Gasteiger partial charge >= 0.3 is 0 Å². The topological polar surface area (TPSA) is 49.3 Å². The van der Waals surface area contributed by atoms with Gasteiger partial charge in [0.25, 0.3) is 0 Å². The summed E-state index contributed by atoms with van der Waals surface area (Å²) in [4.78, 5) is 12.0. The molecule has 108 valence electrons. The lowest BCUT2D eigenvalue weighted by molar-refractivity contribution is -0.122. The Morgan fingerprint density at radius 3 is 2.50 bits per heavy atom. The molecule has 2 bridgehead atoms. The number of aliphatic hydroxyl groups is 1. The predicted octanol–water partition coefficient (Wildman–Crippen LogP) is 2.62. The number of hydrogen-bond donors (Lipinski definition) is 2. The molecule has 0 saturated heterocycles. The lowest BCUT2D eigenvalue weighted by Crippen LogP contribution is -2.26. The Labute approximate surface area is 120 Å². The van der Waals surface area contributed by atoms with E-state index in [2.05, 4.69) is 5.32 Å². The molecule has 1 aromatic rings. The summed E-state index contributed by atoms with van der Waals surface area (Å²) in [6.07, 6.45) is 6.06. The van der Waals surface area contributed by atoms with Crippen LogP contribution >= 0.6 is 0 Å². The van der Waals surface area contributed by atoms with Crippen LogP contribution in [0.25, 0.3) is 0 Å². The van der Waals surface area contributed by atoms with Crippen LogP contribution in [0.2, 0.25) is 0 Å². The summed E-state index contributed by atoms with van der Waals surface area (Å²) in [5, 5.41) is 12.0. The van der Waals surface area contributed by atoms with Crippen LogP contribution in [0.1, 0.15) is 43.2 Å². The Hall–Kier alpha value is -1.35. The molecule has 1 amide bonds. The number of amides is 1. The van der Waals surface area contributed by atoms with Gasteiger partial charge in [-0.2, -0.15) is 0 Å². The van der Waals surface area contributed by atoms with E-state index in [1.807, 2.05) is 24.3 Å². The van der Waals surface area contributed by atoms with Crippen LogP contribution in [0, 0.1) is 17.8 Å². The first-order chi connectivity index (χ1) is 9.74. The van der Waals surface area contributed by atoms with Crippen LogP contribution in [0.15, 0.2) is 24.3 Å².